The summed E-state index contributed by atoms with van der Waals surface area (Å²) in [4.78, 5) is 29.6. The molecule has 3 aromatic rings. The summed E-state index contributed by atoms with van der Waals surface area (Å²) in [6.07, 6.45) is -2.85. The van der Waals surface area contributed by atoms with Gasteiger partial charge in [0.1, 0.15) is 17.7 Å². The van der Waals surface area contributed by atoms with Crippen molar-refractivity contribution in [3.63, 3.8) is 0 Å². The topological polar surface area (TPSA) is 123 Å². The highest BCUT2D eigenvalue weighted by Crippen LogP contribution is 2.29. The lowest BCUT2D eigenvalue weighted by Crippen LogP contribution is -2.49. The molecule has 2 aliphatic rings. The largest absolute Gasteiger partial charge is 0.378 e. The molecule has 0 bridgehead atoms. The van der Waals surface area contributed by atoms with Crippen molar-refractivity contribution in [2.45, 2.75) is 19.4 Å². The highest BCUT2D eigenvalue weighted by atomic mass is 32.2. The maximum atomic E-state index is 14.0. The van der Waals surface area contributed by atoms with Gasteiger partial charge in [0.2, 0.25) is 11.9 Å². The minimum absolute atomic E-state index is 0.0806. The summed E-state index contributed by atoms with van der Waals surface area (Å²) in [6, 6.07) is 7.65. The van der Waals surface area contributed by atoms with Gasteiger partial charge in [-0.25, -0.2) is 22.2 Å². The van der Waals surface area contributed by atoms with Crippen LogP contribution in [0.15, 0.2) is 30.3 Å². The molecule has 4 heterocycles. The van der Waals surface area contributed by atoms with Crippen molar-refractivity contribution in [1.82, 2.24) is 24.4 Å². The van der Waals surface area contributed by atoms with E-state index in [4.69, 9.17) is 4.74 Å². The van der Waals surface area contributed by atoms with Crippen LogP contribution < -0.4 is 10.2 Å². The van der Waals surface area contributed by atoms with Crippen molar-refractivity contribution in [2.24, 2.45) is 0 Å². The zero-order valence-corrected chi connectivity index (χ0v) is 21.0. The molecule has 5 rings (SSSR count). The van der Waals surface area contributed by atoms with Crippen LogP contribution in [0.1, 0.15) is 19.2 Å². The number of fused-ring (bicyclic) bond motifs is 1. The molecule has 1 amide bonds. The van der Waals surface area contributed by atoms with Gasteiger partial charge in [-0.05, 0) is 19.1 Å². The molecule has 0 radical (unpaired) electrons. The Balaban J connectivity index is 1.51. The molecule has 37 heavy (non-hydrogen) atoms. The van der Waals surface area contributed by atoms with Crippen LogP contribution >= 0.6 is 0 Å². The highest BCUT2D eigenvalue weighted by Gasteiger charge is 2.29. The Morgan fingerprint density at radius 2 is 1.70 bits per heavy atom. The molecule has 2 aliphatic heterocycles. The van der Waals surface area contributed by atoms with E-state index in [2.05, 4.69) is 20.3 Å². The first-order chi connectivity index (χ1) is 17.7. The number of hydrogen-bond acceptors (Lipinski definition) is 9. The predicted octanol–water partition coefficient (Wildman–Crippen LogP) is 1.65. The number of nitrogens with zero attached hydrogens (tertiary/aromatic N) is 6. The van der Waals surface area contributed by atoms with Crippen molar-refractivity contribution in [1.29, 1.82) is 0 Å². The zero-order valence-electron chi connectivity index (χ0n) is 20.2. The number of sulfone groups is 1. The third-order valence-corrected chi connectivity index (χ3v) is 8.03. The van der Waals surface area contributed by atoms with E-state index in [1.807, 2.05) is 4.90 Å². The number of benzene rings is 1. The Bertz CT molecular complexity index is 1400. The molecule has 0 saturated carbocycles. The van der Waals surface area contributed by atoms with Gasteiger partial charge in [-0.15, -0.1) is 0 Å². The molecule has 0 spiro atoms. The lowest BCUT2D eigenvalue weighted by Gasteiger charge is -2.30. The Morgan fingerprint density at radius 1 is 1.03 bits per heavy atom. The third-order valence-electron chi connectivity index (χ3n) is 6.42. The van der Waals surface area contributed by atoms with E-state index >= 15 is 0 Å². The fourth-order valence-electron chi connectivity index (χ4n) is 4.45. The number of para-hydroxylation sites is 2. The number of carbonyl (C=O) groups excluding carboxylic acids is 1. The van der Waals surface area contributed by atoms with Gasteiger partial charge in [0.15, 0.2) is 15.7 Å². The van der Waals surface area contributed by atoms with Crippen LogP contribution in [0.4, 0.5) is 20.5 Å². The van der Waals surface area contributed by atoms with Crippen molar-refractivity contribution in [3.05, 3.63) is 36.2 Å². The SMILES string of the molecule is C[C@H](Nc1nc(N2CCOCC2)cc(-n2c(C(F)F)nc3ccccc32)n1)C(=O)N1CCS(=O)(=O)CC1. The smallest absolute Gasteiger partial charge is 0.296 e. The minimum Gasteiger partial charge on any atom is -0.378 e. The Labute approximate surface area is 212 Å². The second-order valence-corrected chi connectivity index (χ2v) is 11.2. The van der Waals surface area contributed by atoms with Crippen molar-refractivity contribution < 1.29 is 26.7 Å². The molecular weight excluding hydrogens is 508 g/mol. The van der Waals surface area contributed by atoms with Gasteiger partial charge in [0, 0.05) is 32.2 Å². The van der Waals surface area contributed by atoms with E-state index in [0.29, 0.717) is 43.2 Å². The Morgan fingerprint density at radius 3 is 2.41 bits per heavy atom. The summed E-state index contributed by atoms with van der Waals surface area (Å²) in [7, 11) is -3.14. The van der Waals surface area contributed by atoms with Gasteiger partial charge in [0.25, 0.3) is 6.43 Å². The van der Waals surface area contributed by atoms with E-state index < -0.39 is 28.1 Å². The summed E-state index contributed by atoms with van der Waals surface area (Å²) in [5.74, 6) is -0.131. The van der Waals surface area contributed by atoms with Gasteiger partial charge < -0.3 is 19.9 Å². The first-order valence-corrected chi connectivity index (χ1v) is 13.8. The number of halogens is 2. The second-order valence-electron chi connectivity index (χ2n) is 8.95. The predicted molar refractivity (Wildman–Crippen MR) is 133 cm³/mol. The molecule has 1 N–H and O–H groups in total. The van der Waals surface area contributed by atoms with Crippen molar-refractivity contribution in [3.8, 4) is 5.82 Å². The van der Waals surface area contributed by atoms with Crippen LogP contribution in [-0.2, 0) is 19.4 Å². The maximum absolute atomic E-state index is 14.0. The van der Waals surface area contributed by atoms with Gasteiger partial charge in [-0.3, -0.25) is 9.36 Å². The van der Waals surface area contributed by atoms with Crippen molar-refractivity contribution in [2.75, 3.05) is 61.1 Å². The van der Waals surface area contributed by atoms with Crippen LogP contribution in [0, 0.1) is 0 Å². The molecule has 1 aromatic carbocycles. The summed E-state index contributed by atoms with van der Waals surface area (Å²) in [6.45, 7) is 3.96. The van der Waals surface area contributed by atoms with E-state index in [-0.39, 0.29) is 42.3 Å². The second kappa shape index (κ2) is 10.2. The molecule has 1 atom stereocenters. The summed E-state index contributed by atoms with van der Waals surface area (Å²) >= 11 is 0. The molecule has 11 nitrogen and oxygen atoms in total. The van der Waals surface area contributed by atoms with Crippen LogP contribution in [0.5, 0.6) is 0 Å². The quantitative estimate of drug-likeness (QED) is 0.502. The number of hydrogen-bond donors (Lipinski definition) is 1. The summed E-state index contributed by atoms with van der Waals surface area (Å²) in [5, 5.41) is 3.00. The summed E-state index contributed by atoms with van der Waals surface area (Å²) < 4.78 is 58.3. The first kappa shape index (κ1) is 25.3. The number of nitrogens with one attached hydrogen (secondary N) is 1. The number of aromatic nitrogens is 4. The average Bonchev–Trinajstić information content (AvgIpc) is 3.29. The highest BCUT2D eigenvalue weighted by molar-refractivity contribution is 7.91. The Hall–Kier alpha value is -3.39. The van der Waals surface area contributed by atoms with Crippen LogP contribution in [0.2, 0.25) is 0 Å². The van der Waals surface area contributed by atoms with Gasteiger partial charge >= 0.3 is 0 Å². The monoisotopic (exact) mass is 535 g/mol. The molecule has 0 aliphatic carbocycles. The molecule has 198 valence electrons. The molecular formula is C23H27F2N7O4S. The van der Waals surface area contributed by atoms with Gasteiger partial charge in [0.05, 0.1) is 35.8 Å². The van der Waals surface area contributed by atoms with Crippen LogP contribution in [0.25, 0.3) is 16.9 Å². The summed E-state index contributed by atoms with van der Waals surface area (Å²) in [5.41, 5.74) is 0.872. The fourth-order valence-corrected chi connectivity index (χ4v) is 5.65. The normalized spacial score (nSPS) is 18.8. The Kier molecular flexibility index (Phi) is 6.94. The zero-order chi connectivity index (χ0) is 26.2. The third kappa shape index (κ3) is 5.34. The van der Waals surface area contributed by atoms with Gasteiger partial charge in [-0.1, -0.05) is 12.1 Å². The number of ether oxygens (including phenoxy) is 1. The van der Waals surface area contributed by atoms with E-state index in [9.17, 15) is 22.0 Å². The fraction of sp³-hybridized carbons (Fsp3) is 0.478. The number of amides is 1. The molecule has 2 saturated heterocycles. The van der Waals surface area contributed by atoms with E-state index in [0.717, 1.165) is 0 Å². The number of rotatable bonds is 6. The molecule has 14 heteroatoms. The number of imidazole rings is 1. The molecule has 2 aromatic heterocycles. The number of alkyl halides is 2. The molecule has 0 unspecified atom stereocenters. The van der Waals surface area contributed by atoms with E-state index in [1.165, 1.54) is 9.47 Å². The minimum atomic E-state index is -3.14. The first-order valence-electron chi connectivity index (χ1n) is 12.0. The van der Waals surface area contributed by atoms with E-state index in [1.54, 1.807) is 37.3 Å². The lowest BCUT2D eigenvalue weighted by atomic mass is 10.3. The maximum Gasteiger partial charge on any atom is 0.296 e. The molecule has 2 fully saturated rings. The van der Waals surface area contributed by atoms with Crippen LogP contribution in [-0.4, -0.2) is 95.7 Å². The van der Waals surface area contributed by atoms with Gasteiger partial charge in [-0.2, -0.15) is 9.97 Å². The van der Waals surface area contributed by atoms with Crippen LogP contribution in [0.3, 0.4) is 0 Å². The number of morpholine rings is 1. The number of carbonyl (C=O) groups is 1. The standard InChI is InChI=1S/C23H27F2N7O4S/c1-15(22(33)31-8-12-37(34,35)13-9-31)26-23-28-18(30-6-10-36-11-7-30)14-19(29-23)32-17-5-3-2-4-16(17)27-21(32)20(24)25/h2-5,14-15,20H,6-13H2,1H3,(H,26,28,29)/t15-/m0/s1. The lowest BCUT2D eigenvalue weighted by molar-refractivity contribution is -0.131. The number of anilines is 2. The van der Waals surface area contributed by atoms with Crippen molar-refractivity contribution >= 4 is 38.5 Å². The average molecular weight is 536 g/mol.